The van der Waals surface area contributed by atoms with Gasteiger partial charge in [0.2, 0.25) is 0 Å². The average Bonchev–Trinajstić information content (AvgIpc) is 2.51. The number of alkyl carbamates (subject to hydrolysis) is 1. The smallest absolute Gasteiger partial charge is 0.407 e. The highest BCUT2D eigenvalue weighted by molar-refractivity contribution is 5.67. The van der Waals surface area contributed by atoms with Gasteiger partial charge in [0.1, 0.15) is 6.61 Å². The van der Waals surface area contributed by atoms with Crippen molar-refractivity contribution >= 4 is 6.09 Å². The first-order valence-electron chi connectivity index (χ1n) is 7.21. The molecule has 0 aliphatic carbocycles. The summed E-state index contributed by atoms with van der Waals surface area (Å²) < 4.78 is 5.14. The molecule has 2 N–H and O–H groups in total. The number of amides is 1. The Balaban J connectivity index is 1.79. The third kappa shape index (κ3) is 4.90. The summed E-state index contributed by atoms with van der Waals surface area (Å²) in [5.41, 5.74) is 1.88. The number of hydrogen-bond acceptors (Lipinski definition) is 3. The lowest BCUT2D eigenvalue weighted by molar-refractivity contribution is 0.0785. The van der Waals surface area contributed by atoms with E-state index in [-0.39, 0.29) is 6.61 Å². The zero-order valence-electron chi connectivity index (χ0n) is 12.9. The van der Waals surface area contributed by atoms with Gasteiger partial charge in [0.15, 0.2) is 0 Å². The second-order valence-corrected chi connectivity index (χ2v) is 5.67. The van der Waals surface area contributed by atoms with Gasteiger partial charge in [-0.3, -0.25) is 0 Å². The van der Waals surface area contributed by atoms with Crippen molar-refractivity contribution in [2.45, 2.75) is 32.6 Å². The molecule has 2 rings (SSSR count). The fraction of sp³-hybridized carbons (Fsp3) is 0.278. The fourth-order valence-corrected chi connectivity index (χ4v) is 1.98. The van der Waals surface area contributed by atoms with Crippen LogP contribution in [0.15, 0.2) is 54.6 Å². The zero-order chi connectivity index (χ0) is 16.0. The molecular weight excluding hydrogens is 278 g/mol. The fourth-order valence-electron chi connectivity index (χ4n) is 1.98. The average molecular weight is 299 g/mol. The first-order chi connectivity index (χ1) is 10.4. The first-order valence-corrected chi connectivity index (χ1v) is 7.21. The Morgan fingerprint density at radius 1 is 1.05 bits per heavy atom. The third-order valence-electron chi connectivity index (χ3n) is 3.31. The number of rotatable bonds is 5. The van der Waals surface area contributed by atoms with Crippen LogP contribution in [0.25, 0.3) is 0 Å². The van der Waals surface area contributed by atoms with Crippen LogP contribution in [0.3, 0.4) is 0 Å². The topological polar surface area (TPSA) is 58.6 Å². The monoisotopic (exact) mass is 299 g/mol. The molecule has 1 amide bonds. The number of ether oxygens (including phenoxy) is 1. The van der Waals surface area contributed by atoms with E-state index in [9.17, 15) is 9.90 Å². The molecule has 0 unspecified atom stereocenters. The first kappa shape index (κ1) is 16.0. The SMILES string of the molecule is CC(C)(O)c1ccc(CNC(=O)OCc2ccccc2)cc1. The van der Waals surface area contributed by atoms with Crippen molar-refractivity contribution in [3.8, 4) is 0 Å². The Hall–Kier alpha value is -2.33. The van der Waals surface area contributed by atoms with E-state index in [2.05, 4.69) is 5.32 Å². The maximum absolute atomic E-state index is 11.6. The quantitative estimate of drug-likeness (QED) is 0.890. The van der Waals surface area contributed by atoms with Crippen molar-refractivity contribution in [2.24, 2.45) is 0 Å². The van der Waals surface area contributed by atoms with Gasteiger partial charge >= 0.3 is 6.09 Å². The van der Waals surface area contributed by atoms with Crippen molar-refractivity contribution in [3.05, 3.63) is 71.3 Å². The Morgan fingerprint density at radius 3 is 2.27 bits per heavy atom. The molecule has 0 radical (unpaired) electrons. The number of nitrogens with one attached hydrogen (secondary N) is 1. The second-order valence-electron chi connectivity index (χ2n) is 5.67. The predicted octanol–water partition coefficient (Wildman–Crippen LogP) is 3.34. The lowest BCUT2D eigenvalue weighted by Gasteiger charge is -2.17. The maximum atomic E-state index is 11.6. The van der Waals surface area contributed by atoms with Crippen LogP contribution in [0.5, 0.6) is 0 Å². The van der Waals surface area contributed by atoms with Gasteiger partial charge in [-0.2, -0.15) is 0 Å². The molecule has 0 aromatic heterocycles. The molecule has 0 aliphatic heterocycles. The van der Waals surface area contributed by atoms with E-state index >= 15 is 0 Å². The number of carbonyl (C=O) groups excluding carboxylic acids is 1. The number of hydrogen-bond donors (Lipinski definition) is 2. The Kier molecular flexibility index (Phi) is 5.17. The van der Waals surface area contributed by atoms with Crippen LogP contribution >= 0.6 is 0 Å². The highest BCUT2D eigenvalue weighted by atomic mass is 16.5. The van der Waals surface area contributed by atoms with Crippen LogP contribution < -0.4 is 5.32 Å². The van der Waals surface area contributed by atoms with Crippen molar-refractivity contribution < 1.29 is 14.6 Å². The summed E-state index contributed by atoms with van der Waals surface area (Å²) >= 11 is 0. The van der Waals surface area contributed by atoms with Gasteiger partial charge in [-0.05, 0) is 30.5 Å². The predicted molar refractivity (Wildman–Crippen MR) is 85.2 cm³/mol. The Labute approximate surface area is 130 Å². The normalized spacial score (nSPS) is 11.0. The molecule has 0 aliphatic rings. The Morgan fingerprint density at radius 2 is 1.68 bits per heavy atom. The molecule has 0 bridgehead atoms. The van der Waals surface area contributed by atoms with Crippen LogP contribution in [0, 0.1) is 0 Å². The van der Waals surface area contributed by atoms with Gasteiger partial charge in [-0.25, -0.2) is 4.79 Å². The largest absolute Gasteiger partial charge is 0.445 e. The van der Waals surface area contributed by atoms with Gasteiger partial charge in [0, 0.05) is 6.54 Å². The summed E-state index contributed by atoms with van der Waals surface area (Å²) in [5, 5.41) is 12.6. The zero-order valence-corrected chi connectivity index (χ0v) is 12.9. The van der Waals surface area contributed by atoms with E-state index in [1.165, 1.54) is 0 Å². The number of carbonyl (C=O) groups is 1. The molecule has 2 aromatic rings. The van der Waals surface area contributed by atoms with E-state index in [0.29, 0.717) is 6.54 Å². The van der Waals surface area contributed by atoms with Gasteiger partial charge in [0.05, 0.1) is 5.60 Å². The molecule has 22 heavy (non-hydrogen) atoms. The van der Waals surface area contributed by atoms with E-state index in [1.807, 2.05) is 54.6 Å². The summed E-state index contributed by atoms with van der Waals surface area (Å²) in [6.07, 6.45) is -0.449. The van der Waals surface area contributed by atoms with Gasteiger partial charge < -0.3 is 15.2 Å². The van der Waals surface area contributed by atoms with E-state index in [4.69, 9.17) is 4.74 Å². The van der Waals surface area contributed by atoms with Crippen LogP contribution in [0.1, 0.15) is 30.5 Å². The maximum Gasteiger partial charge on any atom is 0.407 e. The molecule has 0 fully saturated rings. The van der Waals surface area contributed by atoms with Crippen molar-refractivity contribution in [2.75, 3.05) is 0 Å². The molecule has 0 saturated carbocycles. The van der Waals surface area contributed by atoms with E-state index < -0.39 is 11.7 Å². The van der Waals surface area contributed by atoms with Crippen LogP contribution in [0.2, 0.25) is 0 Å². The van der Waals surface area contributed by atoms with E-state index in [1.54, 1.807) is 13.8 Å². The summed E-state index contributed by atoms with van der Waals surface area (Å²) in [4.78, 5) is 11.6. The summed E-state index contributed by atoms with van der Waals surface area (Å²) in [6.45, 7) is 4.12. The molecule has 4 heteroatoms. The Bertz CT molecular complexity index is 600. The molecule has 0 saturated heterocycles. The summed E-state index contributed by atoms with van der Waals surface area (Å²) in [6, 6.07) is 17.0. The second kappa shape index (κ2) is 7.09. The number of aliphatic hydroxyl groups is 1. The lowest BCUT2D eigenvalue weighted by atomic mass is 9.97. The van der Waals surface area contributed by atoms with Crippen LogP contribution in [0.4, 0.5) is 4.79 Å². The molecule has 0 spiro atoms. The van der Waals surface area contributed by atoms with Gasteiger partial charge in [-0.1, -0.05) is 54.6 Å². The number of benzene rings is 2. The summed E-state index contributed by atoms with van der Waals surface area (Å²) in [7, 11) is 0. The van der Waals surface area contributed by atoms with Gasteiger partial charge in [-0.15, -0.1) is 0 Å². The molecule has 4 nitrogen and oxygen atoms in total. The highest BCUT2D eigenvalue weighted by Crippen LogP contribution is 2.19. The highest BCUT2D eigenvalue weighted by Gasteiger charge is 2.15. The minimum absolute atomic E-state index is 0.254. The standard InChI is InChI=1S/C18H21NO3/c1-18(2,21)16-10-8-14(9-11-16)12-19-17(20)22-13-15-6-4-3-5-7-15/h3-11,21H,12-13H2,1-2H3,(H,19,20). The van der Waals surface area contributed by atoms with Crippen molar-refractivity contribution in [1.82, 2.24) is 5.32 Å². The minimum atomic E-state index is -0.861. The van der Waals surface area contributed by atoms with E-state index in [0.717, 1.165) is 16.7 Å². The molecule has 116 valence electrons. The van der Waals surface area contributed by atoms with Crippen LogP contribution in [-0.2, 0) is 23.5 Å². The molecular formula is C18H21NO3. The molecule has 0 atom stereocenters. The molecule has 2 aromatic carbocycles. The minimum Gasteiger partial charge on any atom is -0.445 e. The summed E-state index contributed by atoms with van der Waals surface area (Å²) in [5.74, 6) is 0. The van der Waals surface area contributed by atoms with Crippen molar-refractivity contribution in [3.63, 3.8) is 0 Å². The lowest BCUT2D eigenvalue weighted by Crippen LogP contribution is -2.23. The van der Waals surface area contributed by atoms with Crippen molar-refractivity contribution in [1.29, 1.82) is 0 Å². The third-order valence-corrected chi connectivity index (χ3v) is 3.31. The van der Waals surface area contributed by atoms with Crippen LogP contribution in [-0.4, -0.2) is 11.2 Å². The van der Waals surface area contributed by atoms with Gasteiger partial charge in [0.25, 0.3) is 0 Å². The molecule has 0 heterocycles.